The van der Waals surface area contributed by atoms with E-state index in [9.17, 15) is 13.2 Å². The fourth-order valence-corrected chi connectivity index (χ4v) is 1.30. The van der Waals surface area contributed by atoms with Crippen molar-refractivity contribution in [1.29, 1.82) is 0 Å². The minimum absolute atomic E-state index is 0.331. The third-order valence-corrected chi connectivity index (χ3v) is 2.20. The minimum Gasteiger partial charge on any atom is -0.388 e. The van der Waals surface area contributed by atoms with Gasteiger partial charge in [-0.15, -0.1) is 0 Å². The van der Waals surface area contributed by atoms with Gasteiger partial charge in [0.15, 0.2) is 5.03 Å². The van der Waals surface area contributed by atoms with Crippen molar-refractivity contribution < 1.29 is 13.2 Å². The first kappa shape index (κ1) is 7.73. The van der Waals surface area contributed by atoms with Gasteiger partial charge in [0.05, 0.1) is 0 Å². The summed E-state index contributed by atoms with van der Waals surface area (Å²) in [6.07, 6.45) is 0.928. The van der Waals surface area contributed by atoms with Crippen molar-refractivity contribution in [3.8, 4) is 0 Å². The van der Waals surface area contributed by atoms with Crippen LogP contribution < -0.4 is 11.5 Å². The van der Waals surface area contributed by atoms with Crippen LogP contribution in [0, 0.1) is 0 Å². The maximum atomic E-state index is 10.7. The van der Waals surface area contributed by atoms with Crippen molar-refractivity contribution in [3.05, 3.63) is 11.1 Å². The molecule has 0 saturated carbocycles. The monoisotopic (exact) mass is 175 g/mol. The van der Waals surface area contributed by atoms with Crippen molar-refractivity contribution in [2.24, 2.45) is 15.9 Å². The molecular weight excluding hydrogens is 170 g/mol. The molecule has 1 aliphatic heterocycles. The highest BCUT2D eigenvalue weighted by Gasteiger charge is 2.23. The van der Waals surface area contributed by atoms with Gasteiger partial charge in [0.1, 0.15) is 5.71 Å². The molecule has 0 radical (unpaired) electrons. The van der Waals surface area contributed by atoms with Crippen LogP contribution in [0.3, 0.4) is 0 Å². The van der Waals surface area contributed by atoms with E-state index in [-0.39, 0.29) is 5.71 Å². The Morgan fingerprint density at radius 1 is 1.55 bits per heavy atom. The van der Waals surface area contributed by atoms with Gasteiger partial charge < -0.3 is 11.5 Å². The van der Waals surface area contributed by atoms with Crippen LogP contribution in [0.5, 0.6) is 0 Å². The fraction of sp³-hybridized carbons (Fsp3) is 0. The molecular formula is C4H5N3O3S. The molecule has 4 N–H and O–H groups in total. The molecule has 0 spiro atoms. The summed E-state index contributed by atoms with van der Waals surface area (Å²) in [6, 6.07) is 0. The maximum Gasteiger partial charge on any atom is 0.298 e. The zero-order valence-corrected chi connectivity index (χ0v) is 6.13. The molecule has 1 amide bonds. The smallest absolute Gasteiger partial charge is 0.298 e. The molecule has 0 fully saturated rings. The molecule has 0 aromatic heterocycles. The van der Waals surface area contributed by atoms with Crippen molar-refractivity contribution in [2.75, 3.05) is 0 Å². The molecule has 0 bridgehead atoms. The number of rotatable bonds is 1. The van der Waals surface area contributed by atoms with Crippen LogP contribution in [0.25, 0.3) is 0 Å². The van der Waals surface area contributed by atoms with Gasteiger partial charge in [0, 0.05) is 6.08 Å². The van der Waals surface area contributed by atoms with E-state index in [1.54, 1.807) is 0 Å². The van der Waals surface area contributed by atoms with Crippen LogP contribution in [0.4, 0.5) is 0 Å². The molecule has 7 heteroatoms. The summed E-state index contributed by atoms with van der Waals surface area (Å²) in [7, 11) is -3.79. The van der Waals surface area contributed by atoms with Gasteiger partial charge in [0.2, 0.25) is 0 Å². The van der Waals surface area contributed by atoms with Crippen LogP contribution in [0.2, 0.25) is 0 Å². The van der Waals surface area contributed by atoms with E-state index in [1.807, 2.05) is 0 Å². The predicted molar refractivity (Wildman–Crippen MR) is 37.8 cm³/mol. The first-order valence-corrected chi connectivity index (χ1v) is 3.99. The van der Waals surface area contributed by atoms with Crippen molar-refractivity contribution >= 4 is 21.6 Å². The van der Waals surface area contributed by atoms with Gasteiger partial charge in [-0.3, -0.25) is 4.79 Å². The Balaban J connectivity index is 3.22. The standard InChI is InChI=1S/C4H5N3O3S/c5-3-1-2(4(6)8)7-11(3,9)10/h1H,5H2,(H2,6,8). The van der Waals surface area contributed by atoms with Gasteiger partial charge in [-0.05, 0) is 0 Å². The predicted octanol–water partition coefficient (Wildman–Crippen LogP) is -1.94. The number of carbonyl (C=O) groups is 1. The molecule has 11 heavy (non-hydrogen) atoms. The number of nitrogens with zero attached hydrogens (tertiary/aromatic N) is 1. The summed E-state index contributed by atoms with van der Waals surface area (Å²) in [6.45, 7) is 0. The van der Waals surface area contributed by atoms with Crippen LogP contribution in [-0.4, -0.2) is 20.0 Å². The van der Waals surface area contributed by atoms with Gasteiger partial charge in [-0.1, -0.05) is 0 Å². The topological polar surface area (TPSA) is 116 Å². The van der Waals surface area contributed by atoms with E-state index in [0.29, 0.717) is 0 Å². The van der Waals surface area contributed by atoms with Gasteiger partial charge in [-0.2, -0.15) is 12.8 Å². The third kappa shape index (κ3) is 1.22. The molecule has 1 aliphatic rings. The normalized spacial score (nSPS) is 20.7. The van der Waals surface area contributed by atoms with Crippen molar-refractivity contribution in [1.82, 2.24) is 0 Å². The Kier molecular flexibility index (Phi) is 1.45. The molecule has 0 atom stereocenters. The average Bonchev–Trinajstić information content (AvgIpc) is 2.08. The van der Waals surface area contributed by atoms with Gasteiger partial charge >= 0.3 is 0 Å². The highest BCUT2D eigenvalue weighted by Crippen LogP contribution is 2.10. The van der Waals surface area contributed by atoms with E-state index < -0.39 is 21.0 Å². The third-order valence-electron chi connectivity index (χ3n) is 1.05. The Labute approximate surface area is 62.6 Å². The maximum absolute atomic E-state index is 10.7. The van der Waals surface area contributed by atoms with Gasteiger partial charge in [0.25, 0.3) is 15.9 Å². The van der Waals surface area contributed by atoms with Crippen LogP contribution in [-0.2, 0) is 14.8 Å². The number of sulfonamides is 1. The Hall–Kier alpha value is -1.37. The summed E-state index contributed by atoms with van der Waals surface area (Å²) < 4.78 is 24.4. The lowest BCUT2D eigenvalue weighted by molar-refractivity contribution is -0.111. The quantitative estimate of drug-likeness (QED) is 0.482. The first-order chi connectivity index (χ1) is 4.93. The summed E-state index contributed by atoms with van der Waals surface area (Å²) >= 11 is 0. The zero-order chi connectivity index (χ0) is 8.65. The molecule has 0 unspecified atom stereocenters. The van der Waals surface area contributed by atoms with Gasteiger partial charge in [-0.25, -0.2) is 0 Å². The second-order valence-corrected chi connectivity index (χ2v) is 3.47. The molecule has 0 aromatic rings. The molecule has 6 nitrogen and oxygen atoms in total. The summed E-state index contributed by atoms with van der Waals surface area (Å²) in [5, 5.41) is -0.452. The van der Waals surface area contributed by atoms with E-state index in [1.165, 1.54) is 0 Å². The average molecular weight is 175 g/mol. The number of nitrogens with two attached hydrogens (primary N) is 2. The van der Waals surface area contributed by atoms with Crippen LogP contribution in [0.1, 0.15) is 0 Å². The number of hydrogen-bond donors (Lipinski definition) is 2. The zero-order valence-electron chi connectivity index (χ0n) is 5.31. The molecule has 60 valence electrons. The highest BCUT2D eigenvalue weighted by atomic mass is 32.2. The van der Waals surface area contributed by atoms with Crippen molar-refractivity contribution in [2.45, 2.75) is 0 Å². The Morgan fingerprint density at radius 2 is 2.09 bits per heavy atom. The minimum atomic E-state index is -3.79. The highest BCUT2D eigenvalue weighted by molar-refractivity contribution is 7.94. The molecule has 1 heterocycles. The second-order valence-electron chi connectivity index (χ2n) is 1.86. The molecule has 0 saturated heterocycles. The van der Waals surface area contributed by atoms with E-state index >= 15 is 0 Å². The summed E-state index contributed by atoms with van der Waals surface area (Å²) in [5.74, 6) is -0.908. The number of carbonyl (C=O) groups excluding carboxylic acids is 1. The van der Waals surface area contributed by atoms with Crippen molar-refractivity contribution in [3.63, 3.8) is 0 Å². The fourth-order valence-electron chi connectivity index (χ4n) is 0.534. The van der Waals surface area contributed by atoms with E-state index in [4.69, 9.17) is 11.5 Å². The van der Waals surface area contributed by atoms with E-state index in [0.717, 1.165) is 6.08 Å². The summed E-state index contributed by atoms with van der Waals surface area (Å²) in [4.78, 5) is 10.4. The SMILES string of the molecule is NC(=O)C1=NS(=O)(=O)C(N)=C1. The lowest BCUT2D eigenvalue weighted by atomic mass is 10.3. The Morgan fingerprint density at radius 3 is 2.27 bits per heavy atom. The molecule has 0 aromatic carbocycles. The number of primary amides is 1. The lowest BCUT2D eigenvalue weighted by Crippen LogP contribution is -2.20. The number of amides is 1. The Bertz CT molecular complexity index is 364. The number of hydrogen-bond acceptors (Lipinski definition) is 4. The molecule has 1 rings (SSSR count). The second kappa shape index (κ2) is 2.06. The summed E-state index contributed by atoms with van der Waals surface area (Å²) in [5.41, 5.74) is 9.41. The molecule has 0 aliphatic carbocycles. The van der Waals surface area contributed by atoms with Crippen LogP contribution in [0.15, 0.2) is 15.5 Å². The largest absolute Gasteiger partial charge is 0.388 e. The lowest BCUT2D eigenvalue weighted by Gasteiger charge is -1.86. The van der Waals surface area contributed by atoms with E-state index in [2.05, 4.69) is 4.40 Å². The van der Waals surface area contributed by atoms with Crippen LogP contribution >= 0.6 is 0 Å². The first-order valence-electron chi connectivity index (χ1n) is 2.55.